The van der Waals surface area contributed by atoms with E-state index in [2.05, 4.69) is 57.2 Å². The maximum Gasteiger partial charge on any atom is 3.00 e. The van der Waals surface area contributed by atoms with E-state index in [-0.39, 0.29) is 39.1 Å². The molecule has 0 aromatic carbocycles. The Morgan fingerprint density at radius 3 is 0.522 bits per heavy atom. The first-order valence-corrected chi connectivity index (χ1v) is 28.9. The summed E-state index contributed by atoms with van der Waals surface area (Å²) in [6, 6.07) is 0. The molecule has 0 aliphatic carbocycles. The minimum absolute atomic E-state index is 0. The molecule has 0 heterocycles. The summed E-state index contributed by atoms with van der Waals surface area (Å²) in [5, 5.41) is 30.7. The fraction of sp³-hybridized carbons (Fsp3) is 0.850. The predicted molar refractivity (Wildman–Crippen MR) is 287 cm³/mol. The predicted octanol–water partition coefficient (Wildman–Crippen LogP) is 16.3. The van der Waals surface area contributed by atoms with Crippen molar-refractivity contribution in [2.24, 2.45) is 0 Å². The second-order valence-electron chi connectivity index (χ2n) is 19.2. The van der Waals surface area contributed by atoms with Crippen molar-refractivity contribution in [3.8, 4) is 0 Å². The van der Waals surface area contributed by atoms with E-state index in [0.29, 0.717) is 0 Å². The van der Waals surface area contributed by atoms with Gasteiger partial charge in [-0.15, -0.1) is 0 Å². The smallest absolute Gasteiger partial charge is 0.550 e. The van der Waals surface area contributed by atoms with Crippen LogP contribution in [0.2, 0.25) is 0 Å². The minimum Gasteiger partial charge on any atom is -0.550 e. The summed E-state index contributed by atoms with van der Waals surface area (Å²) < 4.78 is 0. The van der Waals surface area contributed by atoms with Gasteiger partial charge in [-0.2, -0.15) is 0 Å². The number of rotatable bonds is 51. The molecule has 0 amide bonds. The molecule has 0 aromatic rings. The Balaban J connectivity index is -0.000000441. The summed E-state index contributed by atoms with van der Waals surface area (Å²) in [7, 11) is 0. The monoisotopic (exact) mass is 997 g/mol. The summed E-state index contributed by atoms with van der Waals surface area (Å²) in [4.78, 5) is 30.7. The van der Waals surface area contributed by atoms with Gasteiger partial charge in [-0.05, 0) is 116 Å². The maximum absolute atomic E-state index is 10.2. The number of hydrogen-bond acceptors (Lipinski definition) is 6. The van der Waals surface area contributed by atoms with Crippen molar-refractivity contribution in [2.45, 2.75) is 329 Å². The zero-order chi connectivity index (χ0) is 48.9. The van der Waals surface area contributed by atoms with Crippen molar-refractivity contribution in [3.63, 3.8) is 0 Å². The van der Waals surface area contributed by atoms with Crippen LogP contribution in [-0.4, -0.2) is 37.7 Å². The van der Waals surface area contributed by atoms with Gasteiger partial charge in [0.1, 0.15) is 0 Å². The van der Waals surface area contributed by atoms with Gasteiger partial charge in [0.15, 0.2) is 0 Å². The number of carboxylic acid groups (broad SMARTS) is 3. The van der Waals surface area contributed by atoms with Crippen LogP contribution in [-0.2, 0) is 14.4 Å². The van der Waals surface area contributed by atoms with Gasteiger partial charge in [0.25, 0.3) is 0 Å². The molecule has 67 heavy (non-hydrogen) atoms. The number of carbonyl (C=O) groups is 3. The van der Waals surface area contributed by atoms with Crippen LogP contribution in [0.4, 0.5) is 0 Å². The number of allylic oxidation sites excluding steroid dienone is 6. The van der Waals surface area contributed by atoms with Gasteiger partial charge in [-0.25, -0.2) is 0 Å². The van der Waals surface area contributed by atoms with Crippen LogP contribution in [0.25, 0.3) is 0 Å². The van der Waals surface area contributed by atoms with E-state index < -0.39 is 17.9 Å². The van der Waals surface area contributed by atoms with E-state index in [1.807, 2.05) is 0 Å². The number of hydrogen-bond donors (Lipinski definition) is 0. The van der Waals surface area contributed by atoms with Crippen LogP contribution in [0.3, 0.4) is 0 Å². The molecule has 0 atom stereocenters. The number of aliphatic carboxylic acids is 3. The first-order valence-electron chi connectivity index (χ1n) is 28.9. The third-order valence-electron chi connectivity index (χ3n) is 12.4. The molecule has 7 heteroatoms. The van der Waals surface area contributed by atoms with Crippen molar-refractivity contribution in [1.29, 1.82) is 0 Å². The van der Waals surface area contributed by atoms with E-state index in [4.69, 9.17) is 0 Å². The summed E-state index contributed by atoms with van der Waals surface area (Å²) in [6.45, 7) is 6.79. The summed E-state index contributed by atoms with van der Waals surface area (Å²) in [6.07, 6.45) is 71.5. The Kier molecular flexibility index (Phi) is 73.5. The van der Waals surface area contributed by atoms with Crippen molar-refractivity contribution >= 4 is 37.7 Å². The summed E-state index contributed by atoms with van der Waals surface area (Å²) in [5.74, 6) is -2.73. The van der Waals surface area contributed by atoms with Gasteiger partial charge in [-0.3, -0.25) is 0 Å². The van der Waals surface area contributed by atoms with E-state index in [9.17, 15) is 29.7 Å². The second kappa shape index (κ2) is 68.5. The Hall–Kier alpha value is -1.73. The molecule has 0 unspecified atom stereocenters. The molecule has 0 saturated carbocycles. The molecular formula is C60H111GaO6. The molecule has 6 nitrogen and oxygen atoms in total. The topological polar surface area (TPSA) is 120 Å². The average Bonchev–Trinajstić information content (AvgIpc) is 3.29. The molecule has 0 radical (unpaired) electrons. The van der Waals surface area contributed by atoms with Crippen LogP contribution in [0, 0.1) is 0 Å². The zero-order valence-electron chi connectivity index (χ0n) is 44.9. The molecule has 0 saturated heterocycles. The summed E-state index contributed by atoms with van der Waals surface area (Å²) >= 11 is 0. The molecule has 0 N–H and O–H groups in total. The molecule has 0 spiro atoms. The SMILES string of the molecule is CCCCCCCC/C=C\CCCCCCCCCC(=O)[O-].CCCCCCCC/C=C\CCCCCCCCCC(=O)[O-].CCCCCCCC/C=C\CCCCCCCCCC(=O)[O-].[Ga+3]. The largest absolute Gasteiger partial charge is 3.00 e. The minimum atomic E-state index is -0.909. The Morgan fingerprint density at radius 1 is 0.239 bits per heavy atom. The molecule has 0 aliphatic heterocycles. The average molecular weight is 998 g/mol. The first kappa shape index (κ1) is 71.8. The normalized spacial score (nSPS) is 11.1. The van der Waals surface area contributed by atoms with Crippen molar-refractivity contribution in [2.75, 3.05) is 0 Å². The van der Waals surface area contributed by atoms with Crippen LogP contribution in [0.5, 0.6) is 0 Å². The standard InChI is InChI=1S/3C20H38O2.Ga/c3*1-2-3-4-5-6-7-8-9-10-11-12-13-14-15-16-17-18-19-20(21)22;/h3*9-10H,2-8,11-19H2,1H3,(H,21,22);/q;;;+3/p-3/b3*10-9-;. The maximum atomic E-state index is 10.2. The van der Waals surface area contributed by atoms with E-state index in [1.54, 1.807) is 0 Å². The molecule has 0 aromatic heterocycles. The number of carbonyl (C=O) groups excluding carboxylic acids is 3. The molecule has 0 bridgehead atoms. The van der Waals surface area contributed by atoms with Gasteiger partial charge in [0.05, 0.1) is 0 Å². The van der Waals surface area contributed by atoms with Gasteiger partial charge in [-0.1, -0.05) is 250 Å². The fourth-order valence-electron chi connectivity index (χ4n) is 8.08. The molecular weight excluding hydrogens is 886 g/mol. The van der Waals surface area contributed by atoms with Crippen molar-refractivity contribution < 1.29 is 29.7 Å². The number of unbranched alkanes of at least 4 members (excludes halogenated alkanes) is 39. The van der Waals surface area contributed by atoms with Crippen LogP contribution >= 0.6 is 0 Å². The third-order valence-corrected chi connectivity index (χ3v) is 12.4. The van der Waals surface area contributed by atoms with E-state index in [1.165, 1.54) is 250 Å². The fourth-order valence-corrected chi connectivity index (χ4v) is 8.08. The van der Waals surface area contributed by atoms with E-state index in [0.717, 1.165) is 38.5 Å². The second-order valence-corrected chi connectivity index (χ2v) is 19.2. The van der Waals surface area contributed by atoms with Crippen LogP contribution in [0.1, 0.15) is 329 Å². The zero-order valence-corrected chi connectivity index (χ0v) is 47.4. The van der Waals surface area contributed by atoms with Gasteiger partial charge >= 0.3 is 19.8 Å². The first-order chi connectivity index (χ1) is 32.3. The van der Waals surface area contributed by atoms with Crippen LogP contribution < -0.4 is 15.3 Å². The molecule has 0 aliphatic rings. The quantitative estimate of drug-likeness (QED) is 0.0340. The van der Waals surface area contributed by atoms with Crippen LogP contribution in [0.15, 0.2) is 36.5 Å². The third kappa shape index (κ3) is 81.6. The van der Waals surface area contributed by atoms with Crippen molar-refractivity contribution in [3.05, 3.63) is 36.5 Å². The molecule has 0 rings (SSSR count). The van der Waals surface area contributed by atoms with E-state index >= 15 is 0 Å². The number of carboxylic acids is 3. The summed E-state index contributed by atoms with van der Waals surface area (Å²) in [5.41, 5.74) is 0. The Morgan fingerprint density at radius 2 is 0.373 bits per heavy atom. The molecule has 390 valence electrons. The Bertz CT molecular complexity index is 911. The Labute approximate surface area is 430 Å². The van der Waals surface area contributed by atoms with Gasteiger partial charge in [0, 0.05) is 17.9 Å². The van der Waals surface area contributed by atoms with Crippen molar-refractivity contribution in [1.82, 2.24) is 0 Å². The molecule has 0 fully saturated rings. The van der Waals surface area contributed by atoms with Gasteiger partial charge in [0.2, 0.25) is 0 Å². The van der Waals surface area contributed by atoms with Gasteiger partial charge < -0.3 is 29.7 Å².